The molecule has 4 aromatic rings. The fourth-order valence-corrected chi connectivity index (χ4v) is 5.11. The van der Waals surface area contributed by atoms with E-state index in [2.05, 4.69) is 36.4 Å². The first-order chi connectivity index (χ1) is 18.0. The summed E-state index contributed by atoms with van der Waals surface area (Å²) in [6.07, 6.45) is 0. The number of H-pyrrole nitrogens is 1. The van der Waals surface area contributed by atoms with Crippen molar-refractivity contribution >= 4 is 22.3 Å². The van der Waals surface area contributed by atoms with Gasteiger partial charge in [0, 0.05) is 49.6 Å². The van der Waals surface area contributed by atoms with E-state index in [1.54, 1.807) is 16.8 Å². The van der Waals surface area contributed by atoms with Crippen LogP contribution in [0.15, 0.2) is 47.3 Å². The van der Waals surface area contributed by atoms with Gasteiger partial charge in [-0.25, -0.2) is 4.68 Å². The molecule has 0 aliphatic carbocycles. The van der Waals surface area contributed by atoms with Crippen LogP contribution in [0.3, 0.4) is 0 Å². The second kappa shape index (κ2) is 9.64. The lowest BCUT2D eigenvalue weighted by Gasteiger charge is -2.40. The monoisotopic (exact) mass is 516 g/mol. The second-order valence-electron chi connectivity index (χ2n) is 10.8. The second-order valence-corrected chi connectivity index (χ2v) is 10.8. The van der Waals surface area contributed by atoms with Crippen molar-refractivity contribution in [3.8, 4) is 0 Å². The summed E-state index contributed by atoms with van der Waals surface area (Å²) in [6, 6.07) is 12.2. The molecule has 0 bridgehead atoms. The number of aromatic amines is 1. The molecule has 0 saturated carbocycles. The van der Waals surface area contributed by atoms with Crippen molar-refractivity contribution in [2.24, 2.45) is 0 Å². The van der Waals surface area contributed by atoms with Crippen LogP contribution in [-0.2, 0) is 5.54 Å². The Kier molecular flexibility index (Phi) is 6.47. The molecule has 38 heavy (non-hydrogen) atoms. The normalized spacial score (nSPS) is 15.7. The van der Waals surface area contributed by atoms with Crippen LogP contribution in [0.5, 0.6) is 0 Å². The largest absolute Gasteiger partial charge is 0.369 e. The van der Waals surface area contributed by atoms with Crippen molar-refractivity contribution in [2.45, 2.75) is 46.2 Å². The summed E-state index contributed by atoms with van der Waals surface area (Å²) in [5.41, 5.74) is 4.09. The van der Waals surface area contributed by atoms with Gasteiger partial charge in [-0.15, -0.1) is 5.10 Å². The van der Waals surface area contributed by atoms with Crippen LogP contribution >= 0.6 is 0 Å². The summed E-state index contributed by atoms with van der Waals surface area (Å²) in [5, 5.41) is 24.7. The zero-order valence-corrected chi connectivity index (χ0v) is 22.3. The number of rotatable bonds is 5. The number of fused-ring (bicyclic) bond motifs is 1. The highest BCUT2D eigenvalue weighted by atomic mass is 16.6. The van der Waals surface area contributed by atoms with Crippen molar-refractivity contribution in [3.63, 3.8) is 0 Å². The van der Waals surface area contributed by atoms with Crippen LogP contribution in [0.1, 0.15) is 49.3 Å². The van der Waals surface area contributed by atoms with Crippen LogP contribution in [0, 0.1) is 24.0 Å². The number of piperazine rings is 1. The van der Waals surface area contributed by atoms with E-state index in [1.807, 2.05) is 46.8 Å². The van der Waals surface area contributed by atoms with Gasteiger partial charge in [0.05, 0.1) is 16.0 Å². The molecular weight excluding hydrogens is 484 g/mol. The van der Waals surface area contributed by atoms with E-state index in [-0.39, 0.29) is 16.8 Å². The van der Waals surface area contributed by atoms with Crippen molar-refractivity contribution in [1.82, 2.24) is 30.1 Å². The third kappa shape index (κ3) is 4.65. The summed E-state index contributed by atoms with van der Waals surface area (Å²) in [5.74, 6) is 0.620. The summed E-state index contributed by atoms with van der Waals surface area (Å²) >= 11 is 0. The van der Waals surface area contributed by atoms with Gasteiger partial charge in [-0.2, -0.15) is 0 Å². The number of tetrazole rings is 1. The number of benzene rings is 2. The number of non-ortho nitro benzene ring substituents is 1. The fraction of sp³-hybridized carbons (Fsp3) is 0.407. The fourth-order valence-electron chi connectivity index (χ4n) is 5.11. The summed E-state index contributed by atoms with van der Waals surface area (Å²) < 4.78 is 1.80. The molecule has 1 aliphatic rings. The average molecular weight is 517 g/mol. The molecule has 2 aromatic carbocycles. The van der Waals surface area contributed by atoms with E-state index < -0.39 is 11.0 Å². The molecule has 3 heterocycles. The molecule has 1 N–H and O–H groups in total. The number of nitro benzene ring substituents is 1. The number of aryl methyl sites for hydroxylation is 2. The van der Waals surface area contributed by atoms with Gasteiger partial charge in [-0.05, 0) is 79.8 Å². The van der Waals surface area contributed by atoms with Crippen LogP contribution < -0.4 is 10.5 Å². The number of nitro groups is 1. The van der Waals surface area contributed by atoms with Crippen LogP contribution in [0.2, 0.25) is 0 Å². The molecule has 5 rings (SSSR count). The SMILES string of the molecule is Cc1ccc2cc([C@H](c3nnnn3C(C)(C)C)N3CCN(c4ccc([N+](=O)[O-])cc4)CC3)c(=O)[nH]c2c1C. The molecule has 11 heteroatoms. The van der Waals surface area contributed by atoms with Gasteiger partial charge in [-0.3, -0.25) is 19.8 Å². The maximum atomic E-state index is 13.6. The summed E-state index contributed by atoms with van der Waals surface area (Å²) in [4.78, 5) is 31.8. The van der Waals surface area contributed by atoms with Crippen molar-refractivity contribution in [1.29, 1.82) is 0 Å². The minimum absolute atomic E-state index is 0.0717. The number of nitrogens with zero attached hydrogens (tertiary/aromatic N) is 7. The number of anilines is 1. The van der Waals surface area contributed by atoms with Gasteiger partial charge in [0.2, 0.25) is 0 Å². The quantitative estimate of drug-likeness (QED) is 0.314. The molecule has 0 amide bonds. The van der Waals surface area contributed by atoms with Gasteiger partial charge in [-0.1, -0.05) is 12.1 Å². The molecule has 0 radical (unpaired) electrons. The Morgan fingerprint density at radius 2 is 1.71 bits per heavy atom. The molecule has 0 spiro atoms. The van der Waals surface area contributed by atoms with Crippen LogP contribution in [-0.4, -0.2) is 61.2 Å². The smallest absolute Gasteiger partial charge is 0.269 e. The van der Waals surface area contributed by atoms with E-state index in [9.17, 15) is 14.9 Å². The third-order valence-electron chi connectivity index (χ3n) is 7.35. The molecule has 1 atom stereocenters. The van der Waals surface area contributed by atoms with Gasteiger partial charge in [0.1, 0.15) is 6.04 Å². The van der Waals surface area contributed by atoms with Gasteiger partial charge in [0.25, 0.3) is 11.2 Å². The van der Waals surface area contributed by atoms with E-state index >= 15 is 0 Å². The van der Waals surface area contributed by atoms with Gasteiger partial charge in [0.15, 0.2) is 5.82 Å². The molecule has 1 aliphatic heterocycles. The predicted molar refractivity (Wildman–Crippen MR) is 146 cm³/mol. The number of hydrogen-bond acceptors (Lipinski definition) is 8. The highest BCUT2D eigenvalue weighted by Gasteiger charge is 2.35. The number of nitrogens with one attached hydrogen (secondary N) is 1. The van der Waals surface area contributed by atoms with Crippen molar-refractivity contribution in [2.75, 3.05) is 31.1 Å². The Bertz CT molecular complexity index is 1540. The number of aromatic nitrogens is 5. The van der Waals surface area contributed by atoms with Gasteiger partial charge < -0.3 is 9.88 Å². The molecular formula is C27H32N8O3. The lowest BCUT2D eigenvalue weighted by atomic mass is 9.99. The molecule has 198 valence electrons. The zero-order valence-electron chi connectivity index (χ0n) is 22.3. The maximum Gasteiger partial charge on any atom is 0.269 e. The van der Waals surface area contributed by atoms with Crippen LogP contribution in [0.25, 0.3) is 10.9 Å². The lowest BCUT2D eigenvalue weighted by Crippen LogP contribution is -2.49. The number of hydrogen-bond donors (Lipinski definition) is 1. The van der Waals surface area contributed by atoms with E-state index in [1.165, 1.54) is 12.1 Å². The third-order valence-corrected chi connectivity index (χ3v) is 7.35. The highest BCUT2D eigenvalue weighted by Crippen LogP contribution is 2.31. The topological polar surface area (TPSA) is 126 Å². The Balaban J connectivity index is 1.53. The van der Waals surface area contributed by atoms with Gasteiger partial charge >= 0.3 is 0 Å². The first kappa shape index (κ1) is 25.5. The Hall–Kier alpha value is -4.12. The van der Waals surface area contributed by atoms with E-state index in [0.29, 0.717) is 37.6 Å². The van der Waals surface area contributed by atoms with Crippen LogP contribution in [0.4, 0.5) is 11.4 Å². The minimum atomic E-state index is -0.446. The summed E-state index contributed by atoms with van der Waals surface area (Å²) in [7, 11) is 0. The molecule has 11 nitrogen and oxygen atoms in total. The average Bonchev–Trinajstić information content (AvgIpc) is 3.38. The minimum Gasteiger partial charge on any atom is -0.369 e. The number of pyridine rings is 1. The zero-order chi connectivity index (χ0) is 27.2. The first-order valence-corrected chi connectivity index (χ1v) is 12.7. The molecule has 1 fully saturated rings. The first-order valence-electron chi connectivity index (χ1n) is 12.7. The highest BCUT2D eigenvalue weighted by molar-refractivity contribution is 5.83. The summed E-state index contributed by atoms with van der Waals surface area (Å²) in [6.45, 7) is 12.8. The predicted octanol–water partition coefficient (Wildman–Crippen LogP) is 3.71. The van der Waals surface area contributed by atoms with E-state index in [0.717, 1.165) is 27.7 Å². The van der Waals surface area contributed by atoms with Crippen molar-refractivity contribution in [3.05, 3.63) is 85.4 Å². The standard InChI is InChI=1S/C27H32N8O3/c1-17-6-7-19-16-22(26(36)28-23(19)18(17)2)24(25-29-30-31-34(25)27(3,4)5)33-14-12-32(13-15-33)20-8-10-21(11-9-20)35(37)38/h6-11,16,24H,12-15H2,1-5H3,(H,28,36)/t24-/m1/s1. The van der Waals surface area contributed by atoms with E-state index in [4.69, 9.17) is 0 Å². The lowest BCUT2D eigenvalue weighted by molar-refractivity contribution is -0.384. The van der Waals surface area contributed by atoms with Crippen molar-refractivity contribution < 1.29 is 4.92 Å². The molecule has 2 aromatic heterocycles. The Morgan fingerprint density at radius 1 is 1.03 bits per heavy atom. The maximum absolute atomic E-state index is 13.6. The Labute approximate surface area is 220 Å². The molecule has 0 unspecified atom stereocenters. The Morgan fingerprint density at radius 3 is 2.34 bits per heavy atom. The molecule has 1 saturated heterocycles.